The van der Waals surface area contributed by atoms with Crippen LogP contribution in [-0.2, 0) is 0 Å². The van der Waals surface area contributed by atoms with Crippen LogP contribution in [0.1, 0.15) is 29.6 Å². The molecule has 1 aromatic carbocycles. The summed E-state index contributed by atoms with van der Waals surface area (Å²) in [4.78, 5) is 24.8. The molecule has 2 aromatic rings. The third-order valence-corrected chi connectivity index (χ3v) is 5.33. The van der Waals surface area contributed by atoms with Gasteiger partial charge in [-0.3, -0.25) is 10.1 Å². The van der Waals surface area contributed by atoms with E-state index in [0.29, 0.717) is 10.6 Å². The van der Waals surface area contributed by atoms with E-state index in [0.717, 1.165) is 42.8 Å². The molecule has 0 spiro atoms. The van der Waals surface area contributed by atoms with E-state index in [4.69, 9.17) is 5.73 Å². The molecule has 8 heteroatoms. The Balaban J connectivity index is 1.86. The molecule has 3 rings (SSSR count). The largest absolute Gasteiger partial charge is 0.508 e. The van der Waals surface area contributed by atoms with Gasteiger partial charge in [-0.1, -0.05) is 18.6 Å². The van der Waals surface area contributed by atoms with Crippen LogP contribution in [0.2, 0.25) is 0 Å². The number of phenolic OH excluding ortho intramolecular Hbond substituents is 1. The van der Waals surface area contributed by atoms with Crippen molar-refractivity contribution >= 4 is 28.3 Å². The van der Waals surface area contributed by atoms with Crippen molar-refractivity contribution in [1.82, 2.24) is 10.6 Å². The minimum absolute atomic E-state index is 0.0514. The Morgan fingerprint density at radius 3 is 2.88 bits per heavy atom. The molecule has 6 N–H and O–H groups in total. The molecule has 1 saturated heterocycles. The number of anilines is 1. The van der Waals surface area contributed by atoms with Crippen molar-refractivity contribution in [3.8, 4) is 16.2 Å². The van der Waals surface area contributed by atoms with Crippen molar-refractivity contribution in [2.75, 3.05) is 18.4 Å². The highest BCUT2D eigenvalue weighted by atomic mass is 32.1. The molecule has 0 bridgehead atoms. The van der Waals surface area contributed by atoms with Gasteiger partial charge in [0.05, 0.1) is 5.56 Å². The quantitative estimate of drug-likeness (QED) is 0.565. The van der Waals surface area contributed by atoms with E-state index in [9.17, 15) is 14.7 Å². The van der Waals surface area contributed by atoms with Crippen molar-refractivity contribution < 1.29 is 14.7 Å². The van der Waals surface area contributed by atoms with Gasteiger partial charge in [0.15, 0.2) is 0 Å². The Kier molecular flexibility index (Phi) is 5.75. The van der Waals surface area contributed by atoms with Crippen LogP contribution in [0.15, 0.2) is 30.3 Å². The predicted octanol–water partition coefficient (Wildman–Crippen LogP) is 2.48. The molecule has 0 aliphatic carbocycles. The first-order valence-electron chi connectivity index (χ1n) is 8.54. The molecule has 26 heavy (non-hydrogen) atoms. The molecule has 138 valence electrons. The summed E-state index contributed by atoms with van der Waals surface area (Å²) in [6.45, 7) is 1.69. The molecule has 0 radical (unpaired) electrons. The molecule has 2 heterocycles. The standard InChI is InChI=1S/C18H22N4O3S/c19-18(25)22-17-14(16(24)21-12-5-1-2-7-20-10-12)9-15(26-17)11-4-3-6-13(23)8-11/h3-4,6,8-9,12,20,23H,1-2,5,7,10H2,(H,21,24)(H3,19,22,25)/t12-/m0/s1. The highest BCUT2D eigenvalue weighted by Gasteiger charge is 2.21. The second-order valence-corrected chi connectivity index (χ2v) is 7.32. The van der Waals surface area contributed by atoms with Crippen molar-refractivity contribution in [1.29, 1.82) is 0 Å². The van der Waals surface area contributed by atoms with Gasteiger partial charge in [0.2, 0.25) is 0 Å². The summed E-state index contributed by atoms with van der Waals surface area (Å²) >= 11 is 1.24. The Bertz CT molecular complexity index is 797. The van der Waals surface area contributed by atoms with Gasteiger partial charge in [-0.15, -0.1) is 11.3 Å². The average molecular weight is 374 g/mol. The van der Waals surface area contributed by atoms with E-state index in [-0.39, 0.29) is 17.7 Å². The molecule has 0 saturated carbocycles. The second kappa shape index (κ2) is 8.20. The molecule has 1 aliphatic rings. The van der Waals surface area contributed by atoms with E-state index in [1.807, 2.05) is 6.07 Å². The van der Waals surface area contributed by atoms with Gasteiger partial charge in [-0.25, -0.2) is 4.79 Å². The smallest absolute Gasteiger partial charge is 0.317 e. The van der Waals surface area contributed by atoms with Crippen LogP contribution in [0.25, 0.3) is 10.4 Å². The van der Waals surface area contributed by atoms with Gasteiger partial charge in [0.1, 0.15) is 10.8 Å². The van der Waals surface area contributed by atoms with Crippen LogP contribution >= 0.6 is 11.3 Å². The SMILES string of the molecule is NC(=O)Nc1sc(-c2cccc(O)c2)cc1C(=O)N[C@H]1CCCCNC1. The number of rotatable bonds is 4. The van der Waals surface area contributed by atoms with Crippen molar-refractivity contribution in [3.05, 3.63) is 35.9 Å². The number of carbonyl (C=O) groups is 2. The van der Waals surface area contributed by atoms with Crippen molar-refractivity contribution in [2.45, 2.75) is 25.3 Å². The topological polar surface area (TPSA) is 116 Å². The first-order chi connectivity index (χ1) is 12.5. The summed E-state index contributed by atoms with van der Waals surface area (Å²) in [7, 11) is 0. The van der Waals surface area contributed by atoms with E-state index < -0.39 is 6.03 Å². The number of carbonyl (C=O) groups excluding carboxylic acids is 2. The van der Waals surface area contributed by atoms with E-state index in [2.05, 4.69) is 16.0 Å². The molecule has 1 atom stereocenters. The molecule has 1 fully saturated rings. The molecular weight excluding hydrogens is 352 g/mol. The van der Waals surface area contributed by atoms with Crippen LogP contribution in [0, 0.1) is 0 Å². The Morgan fingerprint density at radius 1 is 1.27 bits per heavy atom. The van der Waals surface area contributed by atoms with Gasteiger partial charge in [-0.05, 0) is 43.1 Å². The average Bonchev–Trinajstić information content (AvgIpc) is 2.83. The summed E-state index contributed by atoms with van der Waals surface area (Å²) < 4.78 is 0. The second-order valence-electron chi connectivity index (χ2n) is 6.26. The maximum atomic E-state index is 12.8. The number of amides is 3. The first-order valence-corrected chi connectivity index (χ1v) is 9.36. The fraction of sp³-hybridized carbons (Fsp3) is 0.333. The van der Waals surface area contributed by atoms with Crippen LogP contribution in [0.4, 0.5) is 9.80 Å². The number of thiophene rings is 1. The van der Waals surface area contributed by atoms with E-state index in [1.54, 1.807) is 24.3 Å². The zero-order valence-electron chi connectivity index (χ0n) is 14.2. The lowest BCUT2D eigenvalue weighted by Crippen LogP contribution is -2.41. The zero-order valence-corrected chi connectivity index (χ0v) is 15.1. The minimum atomic E-state index is -0.723. The number of hydrogen-bond acceptors (Lipinski definition) is 5. The molecule has 1 aromatic heterocycles. The number of hydrogen-bond donors (Lipinski definition) is 5. The summed E-state index contributed by atoms with van der Waals surface area (Å²) in [5.41, 5.74) is 6.38. The van der Waals surface area contributed by atoms with Crippen molar-refractivity contribution in [2.24, 2.45) is 5.73 Å². The van der Waals surface area contributed by atoms with Crippen LogP contribution < -0.4 is 21.7 Å². The summed E-state index contributed by atoms with van der Waals surface area (Å²) in [5, 5.41) is 18.9. The molecule has 1 aliphatic heterocycles. The Labute approximate surface area is 155 Å². The molecule has 3 amide bonds. The van der Waals surface area contributed by atoms with Gasteiger partial charge < -0.3 is 21.5 Å². The molecular formula is C18H22N4O3S. The number of primary amides is 1. The van der Waals surface area contributed by atoms with Crippen molar-refractivity contribution in [3.63, 3.8) is 0 Å². The predicted molar refractivity (Wildman–Crippen MR) is 103 cm³/mol. The number of nitrogens with one attached hydrogen (secondary N) is 3. The summed E-state index contributed by atoms with van der Waals surface area (Å²) in [6.07, 6.45) is 3.07. The Morgan fingerprint density at radius 2 is 2.12 bits per heavy atom. The summed E-state index contributed by atoms with van der Waals surface area (Å²) in [5.74, 6) is -0.110. The lowest BCUT2D eigenvalue weighted by Gasteiger charge is -2.16. The number of urea groups is 1. The van der Waals surface area contributed by atoms with Gasteiger partial charge in [0, 0.05) is 17.5 Å². The molecule has 0 unspecified atom stereocenters. The van der Waals surface area contributed by atoms with Gasteiger partial charge in [-0.2, -0.15) is 0 Å². The Hall–Kier alpha value is -2.58. The van der Waals surface area contributed by atoms with E-state index in [1.165, 1.54) is 11.3 Å². The number of phenols is 1. The normalized spacial score (nSPS) is 17.3. The third-order valence-electron chi connectivity index (χ3n) is 4.23. The monoisotopic (exact) mass is 374 g/mol. The number of benzene rings is 1. The molecule has 7 nitrogen and oxygen atoms in total. The van der Waals surface area contributed by atoms with Crippen LogP contribution in [-0.4, -0.2) is 36.2 Å². The lowest BCUT2D eigenvalue weighted by molar-refractivity contribution is 0.0937. The highest BCUT2D eigenvalue weighted by molar-refractivity contribution is 7.20. The summed E-state index contributed by atoms with van der Waals surface area (Å²) in [6, 6.07) is 7.78. The van der Waals surface area contributed by atoms with E-state index >= 15 is 0 Å². The maximum absolute atomic E-state index is 12.8. The van der Waals surface area contributed by atoms with Crippen LogP contribution in [0.3, 0.4) is 0 Å². The third kappa shape index (κ3) is 4.53. The maximum Gasteiger partial charge on any atom is 0.317 e. The van der Waals surface area contributed by atoms with Gasteiger partial charge >= 0.3 is 6.03 Å². The fourth-order valence-electron chi connectivity index (χ4n) is 2.97. The number of aromatic hydroxyl groups is 1. The highest BCUT2D eigenvalue weighted by Crippen LogP contribution is 2.36. The van der Waals surface area contributed by atoms with Crippen LogP contribution in [0.5, 0.6) is 5.75 Å². The first kappa shape index (κ1) is 18.2. The fourth-order valence-corrected chi connectivity index (χ4v) is 4.03. The lowest BCUT2D eigenvalue weighted by atomic mass is 10.1. The number of nitrogens with two attached hydrogens (primary N) is 1. The minimum Gasteiger partial charge on any atom is -0.508 e. The zero-order chi connectivity index (χ0) is 18.5. The van der Waals surface area contributed by atoms with Gasteiger partial charge in [0.25, 0.3) is 5.91 Å².